The zero-order valence-corrected chi connectivity index (χ0v) is 28.6. The molecule has 0 saturated heterocycles. The molecule has 50 heavy (non-hydrogen) atoms. The van der Waals surface area contributed by atoms with Crippen LogP contribution in [0.3, 0.4) is 0 Å². The van der Waals surface area contributed by atoms with Crippen molar-refractivity contribution < 1.29 is 0 Å². The first-order chi connectivity index (χ1) is 24.7. The van der Waals surface area contributed by atoms with Gasteiger partial charge in [-0.15, -0.1) is 0 Å². The first-order valence-electron chi connectivity index (χ1n) is 18.2. The van der Waals surface area contributed by atoms with Crippen LogP contribution in [0.4, 0.5) is 5.82 Å². The van der Waals surface area contributed by atoms with Crippen LogP contribution >= 0.6 is 0 Å². The van der Waals surface area contributed by atoms with Gasteiger partial charge in [0.15, 0.2) is 0 Å². The zero-order chi connectivity index (χ0) is 33.4. The lowest BCUT2D eigenvalue weighted by Crippen LogP contribution is -2.55. The molecular formula is C45H43N5. The third-order valence-electron chi connectivity index (χ3n) is 11.0. The Bertz CT molecular complexity index is 2070. The highest BCUT2D eigenvalue weighted by molar-refractivity contribution is 5.99. The Morgan fingerprint density at radius 2 is 1.50 bits per heavy atom. The Balaban J connectivity index is 1.23. The van der Waals surface area contributed by atoms with Crippen molar-refractivity contribution in [2.24, 2.45) is 16.8 Å². The molecule has 248 valence electrons. The molecule has 5 nitrogen and oxygen atoms in total. The molecule has 0 fully saturated rings. The lowest BCUT2D eigenvalue weighted by atomic mass is 9.88. The molecule has 3 aromatic carbocycles. The van der Waals surface area contributed by atoms with E-state index in [1.165, 1.54) is 28.8 Å². The first-order valence-corrected chi connectivity index (χ1v) is 18.2. The Labute approximate surface area is 295 Å². The maximum Gasteiger partial charge on any atom is 0.140 e. The van der Waals surface area contributed by atoms with Crippen LogP contribution < -0.4 is 10.2 Å². The monoisotopic (exact) mass is 653 g/mol. The minimum absolute atomic E-state index is 0.0957. The predicted molar refractivity (Wildman–Crippen MR) is 205 cm³/mol. The van der Waals surface area contributed by atoms with E-state index < -0.39 is 0 Å². The molecule has 3 heterocycles. The lowest BCUT2D eigenvalue weighted by Gasteiger charge is -2.44. The van der Waals surface area contributed by atoms with Gasteiger partial charge in [-0.05, 0) is 73.5 Å². The fraction of sp³-hybridized carbons (Fsp3) is 0.244. The average molecular weight is 654 g/mol. The number of rotatable bonds is 6. The predicted octanol–water partition coefficient (Wildman–Crippen LogP) is 9.61. The van der Waals surface area contributed by atoms with Crippen LogP contribution in [0.1, 0.15) is 49.4 Å². The Hall–Kier alpha value is -5.26. The Morgan fingerprint density at radius 1 is 0.740 bits per heavy atom. The third-order valence-corrected chi connectivity index (χ3v) is 11.0. The van der Waals surface area contributed by atoms with Gasteiger partial charge in [-0.3, -0.25) is 4.90 Å². The van der Waals surface area contributed by atoms with E-state index in [0.29, 0.717) is 11.8 Å². The standard InChI is InChI=1S/C45H43N5/c1-49-43(33-20-9-4-10-21-33)47-42(32-18-7-3-8-19-32)48-45(49)39-29-36(35-23-15-22-34(28-35)31-16-5-2-6-17-31)30-46-44(39)50-40-26-13-11-24-37(40)38-25-12-14-27-41(38)50/h2-3,5-9,11-13,15-20,22-26,28-30,33,37,40,43,45H,4,10,14,21,27H2,1H3,(H,47,48). The van der Waals surface area contributed by atoms with Gasteiger partial charge in [0, 0.05) is 40.4 Å². The quantitative estimate of drug-likeness (QED) is 0.211. The van der Waals surface area contributed by atoms with Crippen molar-refractivity contribution in [1.82, 2.24) is 15.2 Å². The minimum Gasteiger partial charge on any atom is -0.354 e. The number of anilines is 1. The molecule has 9 rings (SSSR count). The van der Waals surface area contributed by atoms with Crippen LogP contribution in [0.15, 0.2) is 162 Å². The smallest absolute Gasteiger partial charge is 0.140 e. The summed E-state index contributed by atoms with van der Waals surface area (Å²) >= 11 is 0. The summed E-state index contributed by atoms with van der Waals surface area (Å²) in [6.07, 6.45) is 26.1. The van der Waals surface area contributed by atoms with E-state index >= 15 is 0 Å². The fourth-order valence-electron chi connectivity index (χ4n) is 8.54. The van der Waals surface area contributed by atoms with Crippen LogP contribution in [0, 0.1) is 11.8 Å². The van der Waals surface area contributed by atoms with E-state index in [0.717, 1.165) is 59.6 Å². The molecule has 0 spiro atoms. The largest absolute Gasteiger partial charge is 0.354 e. The zero-order valence-electron chi connectivity index (χ0n) is 28.6. The van der Waals surface area contributed by atoms with E-state index in [4.69, 9.17) is 9.98 Å². The number of hydrogen-bond acceptors (Lipinski definition) is 5. The molecular weight excluding hydrogens is 611 g/mol. The SMILES string of the molecule is CN1C(c2cc(-c3cccc(-c4ccccc4)c3)cnc2N2C3=C(C=CCC3)C3C=CC=CC32)N=C(c2ccccc2)NC1C1C=CCCC1. The maximum atomic E-state index is 5.57. The molecule has 0 amide bonds. The topological polar surface area (TPSA) is 43.8 Å². The number of pyridine rings is 1. The molecule has 2 aliphatic heterocycles. The van der Waals surface area contributed by atoms with Gasteiger partial charge in [0.1, 0.15) is 17.8 Å². The summed E-state index contributed by atoms with van der Waals surface area (Å²) in [7, 11) is 2.24. The van der Waals surface area contributed by atoms with Crippen molar-refractivity contribution in [2.75, 3.05) is 11.9 Å². The number of hydrogen-bond donors (Lipinski definition) is 1. The molecule has 4 aromatic rings. The average Bonchev–Trinajstić information content (AvgIpc) is 3.53. The van der Waals surface area contributed by atoms with Crippen LogP contribution in [0.5, 0.6) is 0 Å². The van der Waals surface area contributed by atoms with Crippen LogP contribution in [0.2, 0.25) is 0 Å². The summed E-state index contributed by atoms with van der Waals surface area (Å²) in [5.74, 6) is 2.65. The van der Waals surface area contributed by atoms with Gasteiger partial charge in [-0.2, -0.15) is 0 Å². The molecule has 1 N–H and O–H groups in total. The van der Waals surface area contributed by atoms with Crippen LogP contribution in [-0.4, -0.2) is 35.0 Å². The lowest BCUT2D eigenvalue weighted by molar-refractivity contribution is 0.112. The van der Waals surface area contributed by atoms with Gasteiger partial charge in [0.2, 0.25) is 0 Å². The van der Waals surface area contributed by atoms with Gasteiger partial charge in [0.05, 0.1) is 12.2 Å². The van der Waals surface area contributed by atoms with Gasteiger partial charge in [-0.1, -0.05) is 127 Å². The normalized spacial score (nSPS) is 25.7. The van der Waals surface area contributed by atoms with Crippen LogP contribution in [-0.2, 0) is 0 Å². The van der Waals surface area contributed by atoms with Gasteiger partial charge in [-0.25, -0.2) is 9.98 Å². The summed E-state index contributed by atoms with van der Waals surface area (Å²) < 4.78 is 0. The highest BCUT2D eigenvalue weighted by Gasteiger charge is 2.43. The molecule has 0 radical (unpaired) electrons. The van der Waals surface area contributed by atoms with Crippen molar-refractivity contribution in [1.29, 1.82) is 0 Å². The number of amidine groups is 1. The number of aliphatic imine (C=N–C) groups is 1. The Morgan fingerprint density at radius 3 is 2.30 bits per heavy atom. The number of benzene rings is 3. The van der Waals surface area contributed by atoms with E-state index in [1.807, 2.05) is 0 Å². The van der Waals surface area contributed by atoms with Crippen molar-refractivity contribution >= 4 is 11.7 Å². The molecule has 0 saturated carbocycles. The Kier molecular flexibility index (Phi) is 8.14. The molecule has 5 aliphatic rings. The highest BCUT2D eigenvalue weighted by atomic mass is 15.4. The molecule has 3 aliphatic carbocycles. The fourth-order valence-corrected chi connectivity index (χ4v) is 8.54. The second kappa shape index (κ2) is 13.2. The first kappa shape index (κ1) is 30.8. The molecule has 5 unspecified atom stereocenters. The number of aromatic nitrogens is 1. The second-order valence-electron chi connectivity index (χ2n) is 14.1. The summed E-state index contributed by atoms with van der Waals surface area (Å²) in [5, 5.41) is 3.89. The van der Waals surface area contributed by atoms with Gasteiger partial charge < -0.3 is 10.2 Å². The second-order valence-corrected chi connectivity index (χ2v) is 14.1. The van der Waals surface area contributed by atoms with E-state index in [9.17, 15) is 0 Å². The third kappa shape index (κ3) is 5.56. The van der Waals surface area contributed by atoms with E-state index in [-0.39, 0.29) is 18.4 Å². The minimum atomic E-state index is -0.239. The number of fused-ring (bicyclic) bond motifs is 2. The number of nitrogens with zero attached hydrogens (tertiary/aromatic N) is 4. The molecule has 1 aromatic heterocycles. The summed E-state index contributed by atoms with van der Waals surface area (Å²) in [6, 6.07) is 32.7. The highest BCUT2D eigenvalue weighted by Crippen LogP contribution is 2.47. The maximum absolute atomic E-state index is 5.57. The van der Waals surface area contributed by atoms with Gasteiger partial charge >= 0.3 is 0 Å². The van der Waals surface area contributed by atoms with Gasteiger partial charge in [0.25, 0.3) is 0 Å². The number of nitrogens with one attached hydrogen (secondary N) is 1. The number of allylic oxidation sites excluding steroid dienone is 6. The molecule has 0 bridgehead atoms. The summed E-state index contributed by atoms with van der Waals surface area (Å²) in [6.45, 7) is 0. The van der Waals surface area contributed by atoms with E-state index in [1.54, 1.807) is 0 Å². The van der Waals surface area contributed by atoms with E-state index in [2.05, 4.69) is 168 Å². The molecule has 5 atom stereocenters. The summed E-state index contributed by atoms with van der Waals surface area (Å²) in [4.78, 5) is 16.0. The van der Waals surface area contributed by atoms with Crippen molar-refractivity contribution in [3.63, 3.8) is 0 Å². The molecule has 5 heteroatoms. The summed E-state index contributed by atoms with van der Waals surface area (Å²) in [5.41, 5.74) is 9.73. The van der Waals surface area contributed by atoms with Crippen LogP contribution in [0.25, 0.3) is 22.3 Å². The van der Waals surface area contributed by atoms with Crippen molar-refractivity contribution in [3.8, 4) is 22.3 Å². The van der Waals surface area contributed by atoms with Crippen molar-refractivity contribution in [2.45, 2.75) is 50.5 Å². The van der Waals surface area contributed by atoms with Crippen molar-refractivity contribution in [3.05, 3.63) is 168 Å².